The number of fused-ring (bicyclic) bond motifs is 5. The van der Waals surface area contributed by atoms with E-state index < -0.39 is 0 Å². The molecule has 1 fully saturated rings. The molecule has 134 valence electrons. The fraction of sp³-hybridized carbons (Fsp3) is 0.750. The van der Waals surface area contributed by atoms with Crippen LogP contribution in [-0.2, 0) is 0 Å². The predicted molar refractivity (Wildman–Crippen MR) is 105 cm³/mol. The van der Waals surface area contributed by atoms with E-state index in [0.29, 0.717) is 5.38 Å². The van der Waals surface area contributed by atoms with Crippen LogP contribution in [0.1, 0.15) is 70.6 Å². The first kappa shape index (κ1) is 15.6. The lowest BCUT2D eigenvalue weighted by molar-refractivity contribution is 0.0422. The molecular weight excluding hydrogens is 324 g/mol. The second kappa shape index (κ2) is 5.75. The first-order valence-electron chi connectivity index (χ1n) is 11.0. The Hall–Kier alpha value is -0.490. The molecule has 0 amide bonds. The van der Waals surface area contributed by atoms with E-state index in [1.807, 2.05) is 16.7 Å². The van der Waals surface area contributed by atoms with Crippen molar-refractivity contribution in [2.24, 2.45) is 35.5 Å². The fourth-order valence-corrected chi connectivity index (χ4v) is 8.48. The van der Waals surface area contributed by atoms with Crippen molar-refractivity contribution in [2.45, 2.75) is 76.0 Å². The van der Waals surface area contributed by atoms with Crippen LogP contribution in [0.5, 0.6) is 0 Å². The highest BCUT2D eigenvalue weighted by Crippen LogP contribution is 2.64. The van der Waals surface area contributed by atoms with Crippen molar-refractivity contribution in [2.75, 3.05) is 0 Å². The Morgan fingerprint density at radius 1 is 0.840 bits per heavy atom. The van der Waals surface area contributed by atoms with E-state index in [0.717, 1.165) is 35.5 Å². The summed E-state index contributed by atoms with van der Waals surface area (Å²) in [6.07, 6.45) is 20.4. The molecule has 0 aromatic carbocycles. The van der Waals surface area contributed by atoms with Crippen LogP contribution in [0.25, 0.3) is 0 Å². The molecule has 6 aliphatic rings. The van der Waals surface area contributed by atoms with Gasteiger partial charge in [-0.3, -0.25) is 0 Å². The standard InChI is InChI=1S/C24H31Cl/c25-15-9-11-16-14(12-15)8-10-19-21-7-3-6-20-17-4-1-2-5-18(17)23(24(20)21)13-22(16)19/h3,6,15,19-24H,1-2,4-5,7-13H2. The van der Waals surface area contributed by atoms with E-state index in [1.54, 1.807) is 5.57 Å². The molecule has 0 spiro atoms. The topological polar surface area (TPSA) is 0 Å². The summed E-state index contributed by atoms with van der Waals surface area (Å²) < 4.78 is 0. The summed E-state index contributed by atoms with van der Waals surface area (Å²) in [6.45, 7) is 0. The normalized spacial score (nSPS) is 48.0. The summed E-state index contributed by atoms with van der Waals surface area (Å²) in [4.78, 5) is 0. The van der Waals surface area contributed by atoms with Crippen molar-refractivity contribution in [1.82, 2.24) is 0 Å². The van der Waals surface area contributed by atoms with Gasteiger partial charge in [-0.15, -0.1) is 11.6 Å². The van der Waals surface area contributed by atoms with Crippen LogP contribution >= 0.6 is 11.6 Å². The van der Waals surface area contributed by atoms with Gasteiger partial charge in [0.05, 0.1) is 0 Å². The van der Waals surface area contributed by atoms with E-state index in [4.69, 9.17) is 11.6 Å². The summed E-state index contributed by atoms with van der Waals surface area (Å²) in [6, 6.07) is 0. The van der Waals surface area contributed by atoms with Crippen LogP contribution in [0.3, 0.4) is 0 Å². The maximum Gasteiger partial charge on any atom is 0.0376 e. The number of hydrogen-bond acceptors (Lipinski definition) is 0. The highest BCUT2D eigenvalue weighted by atomic mass is 35.5. The van der Waals surface area contributed by atoms with E-state index >= 15 is 0 Å². The number of alkyl halides is 1. The van der Waals surface area contributed by atoms with Gasteiger partial charge in [0.1, 0.15) is 0 Å². The molecule has 0 aliphatic heterocycles. The van der Waals surface area contributed by atoms with Crippen LogP contribution in [0, 0.1) is 35.5 Å². The lowest BCUT2D eigenvalue weighted by Crippen LogP contribution is -2.45. The molecule has 25 heavy (non-hydrogen) atoms. The smallest absolute Gasteiger partial charge is 0.0376 e. The van der Waals surface area contributed by atoms with Crippen molar-refractivity contribution < 1.29 is 0 Å². The van der Waals surface area contributed by atoms with Gasteiger partial charge in [0, 0.05) is 11.3 Å². The molecule has 0 bridgehead atoms. The van der Waals surface area contributed by atoms with Gasteiger partial charge in [0.2, 0.25) is 0 Å². The first-order chi connectivity index (χ1) is 12.3. The average Bonchev–Trinajstić information content (AvgIpc) is 2.97. The van der Waals surface area contributed by atoms with Crippen LogP contribution in [0.4, 0.5) is 0 Å². The average molecular weight is 355 g/mol. The summed E-state index contributed by atoms with van der Waals surface area (Å²) in [5, 5.41) is 0.424. The fourth-order valence-electron chi connectivity index (χ4n) is 8.18. The van der Waals surface area contributed by atoms with Crippen LogP contribution in [-0.4, -0.2) is 5.38 Å². The van der Waals surface area contributed by atoms with Crippen molar-refractivity contribution in [3.63, 3.8) is 0 Å². The molecule has 1 heteroatoms. The van der Waals surface area contributed by atoms with E-state index in [1.165, 1.54) is 70.6 Å². The highest BCUT2D eigenvalue weighted by Gasteiger charge is 2.54. The molecule has 1 saturated carbocycles. The maximum absolute atomic E-state index is 6.53. The minimum atomic E-state index is 0.424. The Morgan fingerprint density at radius 2 is 1.72 bits per heavy atom. The van der Waals surface area contributed by atoms with Gasteiger partial charge in [-0.25, -0.2) is 0 Å². The largest absolute Gasteiger partial charge is 0.123 e. The van der Waals surface area contributed by atoms with Crippen molar-refractivity contribution in [1.29, 1.82) is 0 Å². The quantitative estimate of drug-likeness (QED) is 0.331. The Morgan fingerprint density at radius 3 is 2.64 bits per heavy atom. The van der Waals surface area contributed by atoms with Gasteiger partial charge in [0.15, 0.2) is 0 Å². The van der Waals surface area contributed by atoms with Crippen molar-refractivity contribution >= 4 is 11.6 Å². The maximum atomic E-state index is 6.53. The molecule has 6 rings (SSSR count). The summed E-state index contributed by atoms with van der Waals surface area (Å²) in [5.74, 6) is 5.65. The Bertz CT molecular complexity index is 680. The Labute approximate surface area is 157 Å². The van der Waals surface area contributed by atoms with E-state index in [-0.39, 0.29) is 0 Å². The van der Waals surface area contributed by atoms with Crippen molar-refractivity contribution in [3.05, 3.63) is 34.4 Å². The van der Waals surface area contributed by atoms with E-state index in [2.05, 4.69) is 12.2 Å². The summed E-state index contributed by atoms with van der Waals surface area (Å²) in [5.41, 5.74) is 7.57. The van der Waals surface area contributed by atoms with Crippen LogP contribution in [0.15, 0.2) is 34.4 Å². The Balaban J connectivity index is 1.41. The number of allylic oxidation sites excluding steroid dienone is 6. The molecule has 0 nitrogen and oxygen atoms in total. The molecular formula is C24H31Cl. The van der Waals surface area contributed by atoms with Crippen molar-refractivity contribution in [3.8, 4) is 0 Å². The molecule has 7 unspecified atom stereocenters. The van der Waals surface area contributed by atoms with Gasteiger partial charge in [-0.05, 0) is 100 Å². The number of hydrogen-bond donors (Lipinski definition) is 0. The number of halogens is 1. The summed E-state index contributed by atoms with van der Waals surface area (Å²) >= 11 is 6.53. The molecule has 0 aromatic rings. The zero-order valence-electron chi connectivity index (χ0n) is 15.4. The van der Waals surface area contributed by atoms with E-state index in [9.17, 15) is 0 Å². The summed E-state index contributed by atoms with van der Waals surface area (Å²) in [7, 11) is 0. The van der Waals surface area contributed by atoms with Crippen LogP contribution < -0.4 is 0 Å². The number of rotatable bonds is 0. The highest BCUT2D eigenvalue weighted by molar-refractivity contribution is 6.20. The van der Waals surface area contributed by atoms with Crippen LogP contribution in [0.2, 0.25) is 0 Å². The van der Waals surface area contributed by atoms with Gasteiger partial charge in [0.25, 0.3) is 0 Å². The SMILES string of the molecule is ClC1CCC2=C(CCC3C2CC2C4=C(CCCC4)C4C=CCC3C42)C1. The zero-order chi connectivity index (χ0) is 16.5. The lowest BCUT2D eigenvalue weighted by atomic mass is 9.52. The van der Waals surface area contributed by atoms with Gasteiger partial charge in [-0.1, -0.05) is 34.4 Å². The monoisotopic (exact) mass is 354 g/mol. The lowest BCUT2D eigenvalue weighted by Gasteiger charge is -2.52. The molecule has 0 saturated heterocycles. The second-order valence-corrected chi connectivity index (χ2v) is 10.4. The second-order valence-electron chi connectivity index (χ2n) is 9.81. The molecule has 6 aliphatic carbocycles. The Kier molecular flexibility index (Phi) is 3.58. The molecule has 7 atom stereocenters. The minimum Gasteiger partial charge on any atom is -0.123 e. The first-order valence-corrected chi connectivity index (χ1v) is 11.5. The third kappa shape index (κ3) is 2.19. The molecule has 0 heterocycles. The zero-order valence-corrected chi connectivity index (χ0v) is 16.1. The molecule has 0 radical (unpaired) electrons. The molecule has 0 aromatic heterocycles. The van der Waals surface area contributed by atoms with Gasteiger partial charge >= 0.3 is 0 Å². The third-order valence-electron chi connectivity index (χ3n) is 8.98. The third-order valence-corrected chi connectivity index (χ3v) is 9.35. The molecule has 0 N–H and O–H groups in total. The van der Waals surface area contributed by atoms with Gasteiger partial charge in [-0.2, -0.15) is 0 Å². The predicted octanol–water partition coefficient (Wildman–Crippen LogP) is 6.81. The minimum absolute atomic E-state index is 0.424. The van der Waals surface area contributed by atoms with Gasteiger partial charge < -0.3 is 0 Å².